The summed E-state index contributed by atoms with van der Waals surface area (Å²) in [6.07, 6.45) is 2.19. The third-order valence-corrected chi connectivity index (χ3v) is 6.40. The van der Waals surface area contributed by atoms with E-state index in [4.69, 9.17) is 0 Å². The number of amides is 2. The third-order valence-electron chi connectivity index (χ3n) is 6.40. The van der Waals surface area contributed by atoms with Crippen LogP contribution in [0.2, 0.25) is 0 Å². The number of carbonyl (C=O) groups excluding carboxylic acids is 2. The van der Waals surface area contributed by atoms with Crippen LogP contribution in [0.5, 0.6) is 0 Å². The van der Waals surface area contributed by atoms with Gasteiger partial charge >= 0.3 is 0 Å². The smallest absolute Gasteiger partial charge is 0.270 e. The van der Waals surface area contributed by atoms with Gasteiger partial charge < -0.3 is 15.2 Å². The van der Waals surface area contributed by atoms with Crippen molar-refractivity contribution in [3.05, 3.63) is 71.3 Å². The lowest BCUT2D eigenvalue weighted by Crippen LogP contribution is -2.31. The number of benzene rings is 2. The molecule has 1 atom stereocenters. The number of H-pyrrole nitrogens is 1. The van der Waals surface area contributed by atoms with Crippen LogP contribution in [-0.2, 0) is 11.8 Å². The molecule has 0 saturated carbocycles. The number of hydrogen-bond acceptors (Lipinski definition) is 3. The molecule has 7 nitrogen and oxygen atoms in total. The van der Waals surface area contributed by atoms with Crippen molar-refractivity contribution in [2.24, 2.45) is 13.0 Å². The zero-order chi connectivity index (χ0) is 24.9. The molecule has 180 valence electrons. The minimum absolute atomic E-state index is 0.159. The second-order valence-electron chi connectivity index (χ2n) is 8.76. The summed E-state index contributed by atoms with van der Waals surface area (Å²) in [4.78, 5) is 30.4. The normalized spacial score (nSPS) is 15.7. The van der Waals surface area contributed by atoms with Crippen molar-refractivity contribution in [3.8, 4) is 11.3 Å². The molecule has 2 aromatic heterocycles. The number of aromatic amines is 1. The minimum atomic E-state index is -1.60. The number of hydrogen-bond donors (Lipinski definition) is 2. The number of anilines is 1. The zero-order valence-corrected chi connectivity index (χ0v) is 19.0. The quantitative estimate of drug-likeness (QED) is 0.424. The van der Waals surface area contributed by atoms with Crippen molar-refractivity contribution in [1.82, 2.24) is 19.7 Å². The fourth-order valence-corrected chi connectivity index (χ4v) is 4.47. The standard InChI is InChI=1S/C25H22F3N5O2/c1-13-7-22-15(11-29-32(22)2)8-17(13)20-3-4-21(31-20)25(35)33-6-5-14(12-33)24(34)30-16-9-18(26)23(28)19(27)10-16/h3-4,7-11,14,31H,5-6,12H2,1-2H3,(H,30,34)/t14-/m0/s1. The van der Waals surface area contributed by atoms with Gasteiger partial charge in [0.05, 0.1) is 17.6 Å². The molecule has 2 N–H and O–H groups in total. The molecule has 1 aliphatic rings. The highest BCUT2D eigenvalue weighted by Crippen LogP contribution is 2.29. The van der Waals surface area contributed by atoms with E-state index >= 15 is 0 Å². The second-order valence-corrected chi connectivity index (χ2v) is 8.76. The molecule has 5 rings (SSSR count). The number of nitrogens with one attached hydrogen (secondary N) is 2. The predicted octanol–water partition coefficient (Wildman–Crippen LogP) is 4.39. The summed E-state index contributed by atoms with van der Waals surface area (Å²) in [6, 6.07) is 9.06. The summed E-state index contributed by atoms with van der Waals surface area (Å²) >= 11 is 0. The summed E-state index contributed by atoms with van der Waals surface area (Å²) in [7, 11) is 1.88. The van der Waals surface area contributed by atoms with Crippen molar-refractivity contribution in [2.75, 3.05) is 18.4 Å². The monoisotopic (exact) mass is 481 g/mol. The van der Waals surface area contributed by atoms with E-state index in [9.17, 15) is 22.8 Å². The van der Waals surface area contributed by atoms with Crippen LogP contribution in [0, 0.1) is 30.3 Å². The van der Waals surface area contributed by atoms with Gasteiger partial charge in [0.25, 0.3) is 5.91 Å². The maximum atomic E-state index is 13.4. The fourth-order valence-electron chi connectivity index (χ4n) is 4.47. The van der Waals surface area contributed by atoms with Crippen molar-refractivity contribution in [3.63, 3.8) is 0 Å². The maximum absolute atomic E-state index is 13.4. The molecule has 1 fully saturated rings. The highest BCUT2D eigenvalue weighted by atomic mass is 19.2. The van der Waals surface area contributed by atoms with Crippen LogP contribution >= 0.6 is 0 Å². The van der Waals surface area contributed by atoms with E-state index in [1.807, 2.05) is 32.2 Å². The van der Waals surface area contributed by atoms with E-state index in [1.54, 1.807) is 21.8 Å². The lowest BCUT2D eigenvalue weighted by molar-refractivity contribution is -0.119. The van der Waals surface area contributed by atoms with Gasteiger partial charge in [-0.25, -0.2) is 13.2 Å². The summed E-state index contributed by atoms with van der Waals surface area (Å²) in [5.74, 6) is -5.65. The van der Waals surface area contributed by atoms with Crippen LogP contribution < -0.4 is 5.32 Å². The molecule has 2 amide bonds. The van der Waals surface area contributed by atoms with Crippen LogP contribution in [0.25, 0.3) is 22.2 Å². The first-order chi connectivity index (χ1) is 16.7. The van der Waals surface area contributed by atoms with Crippen LogP contribution in [-0.4, -0.2) is 44.6 Å². The number of aromatic nitrogens is 3. The molecule has 0 spiro atoms. The van der Waals surface area contributed by atoms with E-state index in [1.165, 1.54) is 0 Å². The highest BCUT2D eigenvalue weighted by molar-refractivity contribution is 5.96. The summed E-state index contributed by atoms with van der Waals surface area (Å²) in [6.45, 7) is 2.51. The number of carbonyl (C=O) groups is 2. The molecule has 1 aliphatic heterocycles. The van der Waals surface area contributed by atoms with Gasteiger partial charge in [-0.15, -0.1) is 0 Å². The van der Waals surface area contributed by atoms with Gasteiger partial charge in [-0.1, -0.05) is 0 Å². The SMILES string of the molecule is Cc1cc2c(cnn2C)cc1-c1ccc(C(=O)N2CC[C@H](C(=O)Nc3cc(F)c(F)c(F)c3)C2)[nH]1. The van der Waals surface area contributed by atoms with Crippen molar-refractivity contribution < 1.29 is 22.8 Å². The molecular weight excluding hydrogens is 459 g/mol. The first kappa shape index (κ1) is 22.7. The van der Waals surface area contributed by atoms with Gasteiger partial charge in [-0.3, -0.25) is 14.3 Å². The van der Waals surface area contributed by atoms with E-state index in [-0.39, 0.29) is 18.1 Å². The average Bonchev–Trinajstić information content (AvgIpc) is 3.57. The second kappa shape index (κ2) is 8.61. The lowest BCUT2D eigenvalue weighted by atomic mass is 10.0. The highest BCUT2D eigenvalue weighted by Gasteiger charge is 2.32. The van der Waals surface area contributed by atoms with Crippen LogP contribution in [0.15, 0.2) is 42.6 Å². The molecule has 0 unspecified atom stereocenters. The molecular formula is C25H22F3N5O2. The Balaban J connectivity index is 1.27. The number of aryl methyl sites for hydroxylation is 2. The minimum Gasteiger partial charge on any atom is -0.351 e. The Bertz CT molecular complexity index is 1450. The Kier molecular flexibility index (Phi) is 5.58. The maximum Gasteiger partial charge on any atom is 0.270 e. The van der Waals surface area contributed by atoms with E-state index in [0.717, 1.165) is 39.9 Å². The Labute approximate surface area is 198 Å². The third kappa shape index (κ3) is 4.16. The molecule has 3 heterocycles. The van der Waals surface area contributed by atoms with Crippen molar-refractivity contribution in [1.29, 1.82) is 0 Å². The van der Waals surface area contributed by atoms with Gasteiger partial charge in [0.2, 0.25) is 5.91 Å². The average molecular weight is 481 g/mol. The number of rotatable bonds is 4. The van der Waals surface area contributed by atoms with Gasteiger partial charge in [-0.05, 0) is 43.2 Å². The van der Waals surface area contributed by atoms with Gasteiger partial charge in [-0.2, -0.15) is 5.10 Å². The van der Waals surface area contributed by atoms with Crippen molar-refractivity contribution in [2.45, 2.75) is 13.3 Å². The Morgan fingerprint density at radius 1 is 1.11 bits per heavy atom. The fraction of sp³-hybridized carbons (Fsp3) is 0.240. The molecule has 0 aliphatic carbocycles. The number of nitrogens with zero attached hydrogens (tertiary/aromatic N) is 3. The topological polar surface area (TPSA) is 83.0 Å². The number of halogens is 3. The molecule has 0 bridgehead atoms. The predicted molar refractivity (Wildman–Crippen MR) is 124 cm³/mol. The first-order valence-electron chi connectivity index (χ1n) is 11.1. The van der Waals surface area contributed by atoms with Gasteiger partial charge in [0, 0.05) is 54.6 Å². The molecule has 0 radical (unpaired) electrons. The largest absolute Gasteiger partial charge is 0.351 e. The first-order valence-corrected chi connectivity index (χ1v) is 11.1. The van der Waals surface area contributed by atoms with Crippen LogP contribution in [0.4, 0.5) is 18.9 Å². The van der Waals surface area contributed by atoms with Gasteiger partial charge in [0.15, 0.2) is 17.5 Å². The van der Waals surface area contributed by atoms with Crippen LogP contribution in [0.3, 0.4) is 0 Å². The van der Waals surface area contributed by atoms with Crippen molar-refractivity contribution >= 4 is 28.4 Å². The van der Waals surface area contributed by atoms with Crippen LogP contribution in [0.1, 0.15) is 22.5 Å². The number of fused-ring (bicyclic) bond motifs is 1. The Morgan fingerprint density at radius 2 is 1.86 bits per heavy atom. The number of likely N-dealkylation sites (tertiary alicyclic amines) is 1. The Morgan fingerprint density at radius 3 is 2.60 bits per heavy atom. The van der Waals surface area contributed by atoms with E-state index < -0.39 is 29.3 Å². The summed E-state index contributed by atoms with van der Waals surface area (Å²) in [5, 5.41) is 7.67. The van der Waals surface area contributed by atoms with E-state index in [0.29, 0.717) is 18.7 Å². The van der Waals surface area contributed by atoms with Gasteiger partial charge in [0.1, 0.15) is 5.69 Å². The lowest BCUT2D eigenvalue weighted by Gasteiger charge is -2.16. The molecule has 4 aromatic rings. The van der Waals surface area contributed by atoms with E-state index in [2.05, 4.69) is 15.4 Å². The Hall–Kier alpha value is -4.08. The molecule has 10 heteroatoms. The molecule has 1 saturated heterocycles. The zero-order valence-electron chi connectivity index (χ0n) is 19.0. The molecule has 35 heavy (non-hydrogen) atoms. The summed E-state index contributed by atoms with van der Waals surface area (Å²) < 4.78 is 41.8. The molecule has 2 aromatic carbocycles. The summed E-state index contributed by atoms with van der Waals surface area (Å²) in [5.41, 5.74) is 4.03.